The van der Waals surface area contributed by atoms with Crippen LogP contribution in [0.2, 0.25) is 0 Å². The van der Waals surface area contributed by atoms with E-state index >= 15 is 0 Å². The van der Waals surface area contributed by atoms with Crippen LogP contribution in [-0.2, 0) is 38.0 Å². The van der Waals surface area contributed by atoms with Crippen molar-refractivity contribution in [3.8, 4) is 0 Å². The average molecular weight is 703 g/mol. The summed E-state index contributed by atoms with van der Waals surface area (Å²) < 4.78 is 39.4. The quantitative estimate of drug-likeness (QED) is 0.185. The van der Waals surface area contributed by atoms with Gasteiger partial charge in [-0.1, -0.05) is 32.1 Å². The van der Waals surface area contributed by atoms with E-state index in [-0.39, 0.29) is 30.1 Å². The minimum Gasteiger partial charge on any atom is -0.461 e. The largest absolute Gasteiger partial charge is 0.461 e. The van der Waals surface area contributed by atoms with Gasteiger partial charge < -0.3 is 28.4 Å². The van der Waals surface area contributed by atoms with Crippen molar-refractivity contribution in [2.24, 2.45) is 29.1 Å². The Morgan fingerprint density at radius 1 is 0.941 bits per heavy atom. The van der Waals surface area contributed by atoms with Crippen LogP contribution in [0.1, 0.15) is 75.1 Å². The molecule has 0 radical (unpaired) electrons. The fourth-order valence-corrected chi connectivity index (χ4v) is 9.49. The molecule has 2 aromatic rings. The molecule has 3 fully saturated rings. The highest BCUT2D eigenvalue weighted by atomic mass is 16.6. The first kappa shape index (κ1) is 36.4. The van der Waals surface area contributed by atoms with E-state index in [1.54, 1.807) is 42.7 Å². The number of pyridine rings is 2. The van der Waals surface area contributed by atoms with Gasteiger partial charge in [-0.3, -0.25) is 19.6 Å². The highest BCUT2D eigenvalue weighted by Gasteiger charge is 2.81. The molecule has 0 N–H and O–H groups in total. The van der Waals surface area contributed by atoms with E-state index in [1.807, 2.05) is 33.8 Å². The summed E-state index contributed by atoms with van der Waals surface area (Å²) >= 11 is 0. The first-order valence-corrected chi connectivity index (χ1v) is 17.5. The SMILES string of the molecule is C=C(C)[C@H]1C=C[C@@H](OC(=O)c2cccnc2)[C@@]23COC(C)([C@H](OC(=O)c4cccnc4)[C@@]4(OC(C)=O)C[C@H](C)[C@H](OCCC)[C@@H]4[C@H]2OC(C)=O)[C@H]13. The number of fused-ring (bicyclic) bond motifs is 1. The molecule has 2 bridgehead atoms. The second-order valence-electron chi connectivity index (χ2n) is 14.5. The molecule has 4 aliphatic rings. The van der Waals surface area contributed by atoms with E-state index in [0.29, 0.717) is 13.0 Å². The number of carbonyl (C=O) groups excluding carboxylic acids is 4. The van der Waals surface area contributed by atoms with E-state index in [1.165, 1.54) is 26.2 Å². The van der Waals surface area contributed by atoms with Gasteiger partial charge >= 0.3 is 23.9 Å². The van der Waals surface area contributed by atoms with Crippen molar-refractivity contribution in [3.05, 3.63) is 84.5 Å². The second-order valence-corrected chi connectivity index (χ2v) is 14.5. The number of esters is 4. The Labute approximate surface area is 297 Å². The highest BCUT2D eigenvalue weighted by Crippen LogP contribution is 2.68. The van der Waals surface area contributed by atoms with Crippen LogP contribution in [0.3, 0.4) is 0 Å². The van der Waals surface area contributed by atoms with E-state index in [4.69, 9.17) is 28.4 Å². The number of hydrogen-bond acceptors (Lipinski definition) is 12. The zero-order chi connectivity index (χ0) is 36.7. The lowest BCUT2D eigenvalue weighted by Gasteiger charge is -2.51. The maximum atomic E-state index is 14.1. The smallest absolute Gasteiger partial charge is 0.340 e. The first-order chi connectivity index (χ1) is 24.3. The number of carbonyl (C=O) groups is 4. The average Bonchev–Trinajstić information content (AvgIpc) is 3.55. The maximum Gasteiger partial charge on any atom is 0.340 e. The van der Waals surface area contributed by atoms with E-state index in [2.05, 4.69) is 16.5 Å². The van der Waals surface area contributed by atoms with E-state index in [0.717, 1.165) is 5.57 Å². The molecule has 272 valence electrons. The topological polar surface area (TPSA) is 149 Å². The number of ether oxygens (including phenoxy) is 6. The molecule has 3 aliphatic carbocycles. The lowest BCUT2D eigenvalue weighted by atomic mass is 9.55. The highest BCUT2D eigenvalue weighted by molar-refractivity contribution is 5.90. The van der Waals surface area contributed by atoms with Gasteiger partial charge in [-0.25, -0.2) is 9.59 Å². The molecule has 6 rings (SSSR count). The summed E-state index contributed by atoms with van der Waals surface area (Å²) in [5.74, 6) is -4.80. The van der Waals surface area contributed by atoms with Crippen molar-refractivity contribution in [1.82, 2.24) is 9.97 Å². The molecular formula is C39H46N2O10. The Morgan fingerprint density at radius 3 is 2.14 bits per heavy atom. The summed E-state index contributed by atoms with van der Waals surface area (Å²) in [5, 5.41) is 0. The van der Waals surface area contributed by atoms with Crippen molar-refractivity contribution >= 4 is 23.9 Å². The Balaban J connectivity index is 1.64. The van der Waals surface area contributed by atoms with Crippen molar-refractivity contribution in [2.75, 3.05) is 13.2 Å². The summed E-state index contributed by atoms with van der Waals surface area (Å²) in [5.41, 5.74) is -3.13. The van der Waals surface area contributed by atoms with Crippen molar-refractivity contribution in [2.45, 2.75) is 90.0 Å². The van der Waals surface area contributed by atoms with Crippen LogP contribution in [-0.4, -0.2) is 82.7 Å². The monoisotopic (exact) mass is 702 g/mol. The Bertz CT molecular complexity index is 1700. The molecule has 1 saturated heterocycles. The summed E-state index contributed by atoms with van der Waals surface area (Å²) in [6.45, 7) is 14.9. The Morgan fingerprint density at radius 2 is 1.59 bits per heavy atom. The van der Waals surface area contributed by atoms with Crippen LogP contribution in [0.4, 0.5) is 0 Å². The fraction of sp³-hybridized carbons (Fsp3) is 0.538. The van der Waals surface area contributed by atoms with E-state index < -0.39 is 82.7 Å². The molecular weight excluding hydrogens is 656 g/mol. The standard InChI is InChI=1S/C39H46N2O10/c1-8-17-46-31-23(4)18-39(51-25(6)43)30(31)33(48-24(5)42)38-21-47-37(7,36(39)50-35(45)27-12-10-16-41-20-27)32(38)28(22(2)3)13-14-29(38)49-34(44)26-11-9-15-40-19-26/h9-16,19-20,23,28-33,36H,2,8,17-18,21H2,1,3-7H3/t23-,28+,29+,30+,31-,32-,33+,36-,37?,38+,39+/m0/s1. The molecule has 2 saturated carbocycles. The summed E-state index contributed by atoms with van der Waals surface area (Å²) in [4.78, 5) is 62.8. The van der Waals surface area contributed by atoms with E-state index in [9.17, 15) is 19.2 Å². The van der Waals surface area contributed by atoms with Crippen molar-refractivity contribution in [1.29, 1.82) is 0 Å². The third kappa shape index (κ3) is 6.05. The van der Waals surface area contributed by atoms with Crippen LogP contribution >= 0.6 is 0 Å². The molecule has 11 atom stereocenters. The Kier molecular flexibility index (Phi) is 9.95. The molecule has 3 heterocycles. The third-order valence-corrected chi connectivity index (χ3v) is 11.1. The van der Waals surface area contributed by atoms with Gasteiger partial charge in [0.1, 0.15) is 17.8 Å². The molecule has 0 amide bonds. The number of nitrogens with zero attached hydrogens (tertiary/aromatic N) is 2. The van der Waals surface area contributed by atoms with Gasteiger partial charge in [0.15, 0.2) is 11.7 Å². The number of allylic oxidation sites excluding steroid dienone is 2. The predicted octanol–water partition coefficient (Wildman–Crippen LogP) is 5.08. The zero-order valence-corrected chi connectivity index (χ0v) is 29.9. The molecule has 2 aromatic heterocycles. The van der Waals surface area contributed by atoms with Crippen LogP contribution in [0, 0.1) is 29.1 Å². The van der Waals surface area contributed by atoms with Crippen LogP contribution < -0.4 is 0 Å². The van der Waals surface area contributed by atoms with Gasteiger partial charge in [-0.05, 0) is 62.9 Å². The molecule has 12 nitrogen and oxygen atoms in total. The minimum atomic E-state index is -1.61. The second kappa shape index (κ2) is 14.0. The van der Waals surface area contributed by atoms with Gasteiger partial charge in [-0.2, -0.15) is 0 Å². The molecule has 1 unspecified atom stereocenters. The molecule has 0 spiro atoms. The van der Waals surface area contributed by atoms with Crippen molar-refractivity contribution in [3.63, 3.8) is 0 Å². The lowest BCUT2D eigenvalue weighted by molar-refractivity contribution is -0.239. The predicted molar refractivity (Wildman–Crippen MR) is 182 cm³/mol. The fourth-order valence-electron chi connectivity index (χ4n) is 9.49. The van der Waals surface area contributed by atoms with Gasteiger partial charge in [0.2, 0.25) is 0 Å². The summed E-state index contributed by atoms with van der Waals surface area (Å²) in [6.07, 6.45) is 6.51. The number of aromatic nitrogens is 2. The van der Waals surface area contributed by atoms with Gasteiger partial charge in [0.05, 0.1) is 35.2 Å². The summed E-state index contributed by atoms with van der Waals surface area (Å²) in [7, 11) is 0. The molecule has 51 heavy (non-hydrogen) atoms. The Hall–Kier alpha value is -4.42. The third-order valence-electron chi connectivity index (χ3n) is 11.1. The van der Waals surface area contributed by atoms with Gasteiger partial charge in [-0.15, -0.1) is 0 Å². The number of rotatable bonds is 10. The maximum absolute atomic E-state index is 14.1. The van der Waals surface area contributed by atoms with Gasteiger partial charge in [0.25, 0.3) is 0 Å². The van der Waals surface area contributed by atoms with Crippen molar-refractivity contribution < 1.29 is 47.6 Å². The first-order valence-electron chi connectivity index (χ1n) is 17.5. The lowest BCUT2D eigenvalue weighted by Crippen LogP contribution is -2.64. The molecule has 0 aromatic carbocycles. The molecule has 12 heteroatoms. The normalized spacial score (nSPS) is 36.2. The van der Waals surface area contributed by atoms with Crippen LogP contribution in [0.5, 0.6) is 0 Å². The van der Waals surface area contributed by atoms with Crippen LogP contribution in [0.15, 0.2) is 73.4 Å². The summed E-state index contributed by atoms with van der Waals surface area (Å²) in [6, 6.07) is 6.45. The van der Waals surface area contributed by atoms with Crippen LogP contribution in [0.25, 0.3) is 0 Å². The zero-order valence-electron chi connectivity index (χ0n) is 29.9. The van der Waals surface area contributed by atoms with Gasteiger partial charge in [0, 0.05) is 57.1 Å². The minimum absolute atomic E-state index is 0.0618. The molecule has 1 aliphatic heterocycles. The number of hydrogen-bond donors (Lipinski definition) is 0.